The summed E-state index contributed by atoms with van der Waals surface area (Å²) in [7, 11) is 5.93. The molecule has 0 amide bonds. The zero-order chi connectivity index (χ0) is 56.2. The summed E-state index contributed by atoms with van der Waals surface area (Å²) in [5.41, 5.74) is 0. The average molecular weight is 1080 g/mol. The molecule has 0 aliphatic carbocycles. The van der Waals surface area contributed by atoms with Gasteiger partial charge in [0.15, 0.2) is 12.4 Å². The predicted molar refractivity (Wildman–Crippen MR) is 325 cm³/mol. The van der Waals surface area contributed by atoms with Gasteiger partial charge in [0.25, 0.3) is 0 Å². The fourth-order valence-corrected chi connectivity index (χ4v) is 9.07. The van der Waals surface area contributed by atoms with Crippen LogP contribution < -0.4 is 5.11 Å². The molecule has 446 valence electrons. The van der Waals surface area contributed by atoms with E-state index in [2.05, 4.69) is 86.8 Å². The molecule has 0 bridgehead atoms. The number of nitrogens with zero attached hydrogens (tertiary/aromatic N) is 1. The van der Waals surface area contributed by atoms with Crippen LogP contribution in [0.3, 0.4) is 0 Å². The quantitative estimate of drug-likeness (QED) is 0.0195. The summed E-state index contributed by atoms with van der Waals surface area (Å²) in [4.78, 5) is 37.3. The van der Waals surface area contributed by atoms with Gasteiger partial charge in [0.05, 0.1) is 40.3 Å². The molecule has 0 spiro atoms. The van der Waals surface area contributed by atoms with Gasteiger partial charge in [0.1, 0.15) is 13.2 Å². The Hall–Kier alpha value is -3.27. The Morgan fingerprint density at radius 3 is 1.10 bits per heavy atom. The van der Waals surface area contributed by atoms with Crippen LogP contribution in [0.15, 0.2) is 72.9 Å². The molecule has 2 unspecified atom stereocenters. The van der Waals surface area contributed by atoms with Crippen molar-refractivity contribution in [2.24, 2.45) is 0 Å². The number of aliphatic carboxylic acids is 1. The number of ether oxygens (including phenoxy) is 4. The molecule has 9 nitrogen and oxygen atoms in total. The average Bonchev–Trinajstić information content (AvgIpc) is 3.40. The van der Waals surface area contributed by atoms with Crippen molar-refractivity contribution in [2.45, 2.75) is 296 Å². The number of hydrogen-bond acceptors (Lipinski definition) is 8. The van der Waals surface area contributed by atoms with Gasteiger partial charge in [0.2, 0.25) is 0 Å². The monoisotopic (exact) mass is 1080 g/mol. The summed E-state index contributed by atoms with van der Waals surface area (Å²) in [5.74, 6) is -2.27. The molecule has 0 aromatic heterocycles. The van der Waals surface area contributed by atoms with Crippen LogP contribution in [-0.2, 0) is 33.3 Å². The van der Waals surface area contributed by atoms with Gasteiger partial charge in [0, 0.05) is 12.8 Å². The fraction of sp³-hybridized carbons (Fsp3) is 0.779. The van der Waals surface area contributed by atoms with Gasteiger partial charge in [-0.2, -0.15) is 0 Å². The Kier molecular flexibility index (Phi) is 56.4. The maximum Gasteiger partial charge on any atom is 0.306 e. The second-order valence-electron chi connectivity index (χ2n) is 22.7. The normalized spacial score (nSPS) is 13.2. The Labute approximate surface area is 475 Å². The number of likely N-dealkylation sites (N-methyl/N-ethyl adjacent to an activating group) is 1. The third-order valence-electron chi connectivity index (χ3n) is 14.0. The highest BCUT2D eigenvalue weighted by molar-refractivity contribution is 5.70. The van der Waals surface area contributed by atoms with E-state index in [1.807, 2.05) is 21.1 Å². The van der Waals surface area contributed by atoms with E-state index in [0.717, 1.165) is 70.6 Å². The Morgan fingerprint density at radius 1 is 0.403 bits per heavy atom. The minimum Gasteiger partial charge on any atom is -0.545 e. The molecule has 0 aromatic carbocycles. The summed E-state index contributed by atoms with van der Waals surface area (Å²) in [5, 5.41) is 11.8. The molecule has 0 fully saturated rings. The van der Waals surface area contributed by atoms with E-state index in [-0.39, 0.29) is 32.2 Å². The molecule has 0 heterocycles. The van der Waals surface area contributed by atoms with Crippen molar-refractivity contribution in [1.82, 2.24) is 0 Å². The number of allylic oxidation sites excluding steroid dienone is 12. The van der Waals surface area contributed by atoms with Crippen LogP contribution in [-0.4, -0.2) is 82.3 Å². The number of carboxylic acid groups (broad SMARTS) is 1. The lowest BCUT2D eigenvalue weighted by Crippen LogP contribution is -2.44. The maximum atomic E-state index is 12.9. The second-order valence-corrected chi connectivity index (χ2v) is 22.7. The van der Waals surface area contributed by atoms with E-state index in [4.69, 9.17) is 18.9 Å². The van der Waals surface area contributed by atoms with E-state index in [1.165, 1.54) is 180 Å². The number of carbonyl (C=O) groups is 3. The third kappa shape index (κ3) is 60.2. The maximum absolute atomic E-state index is 12.9. The molecule has 0 N–H and O–H groups in total. The van der Waals surface area contributed by atoms with Crippen LogP contribution in [0.25, 0.3) is 0 Å². The highest BCUT2D eigenvalue weighted by atomic mass is 16.7. The summed E-state index contributed by atoms with van der Waals surface area (Å²) in [6.45, 7) is 4.66. The lowest BCUT2D eigenvalue weighted by molar-refractivity contribution is -0.870. The van der Waals surface area contributed by atoms with Gasteiger partial charge in [-0.3, -0.25) is 9.59 Å². The van der Waals surface area contributed by atoms with Crippen molar-refractivity contribution >= 4 is 17.9 Å². The van der Waals surface area contributed by atoms with Gasteiger partial charge in [-0.1, -0.05) is 279 Å². The minimum atomic E-state index is -1.62. The lowest BCUT2D eigenvalue weighted by atomic mass is 10.0. The largest absolute Gasteiger partial charge is 0.545 e. The summed E-state index contributed by atoms with van der Waals surface area (Å²) in [6.07, 6.45) is 74.1. The number of unbranched alkanes of at least 4 members (excludes halogenated alkanes) is 32. The van der Waals surface area contributed by atoms with Crippen molar-refractivity contribution in [3.05, 3.63) is 72.9 Å². The zero-order valence-corrected chi connectivity index (χ0v) is 50.8. The lowest BCUT2D eigenvalue weighted by Gasteiger charge is -2.26. The molecule has 0 radical (unpaired) electrons. The Morgan fingerprint density at radius 2 is 0.740 bits per heavy atom. The number of carboxylic acids is 1. The first-order valence-corrected chi connectivity index (χ1v) is 32.1. The highest BCUT2D eigenvalue weighted by Gasteiger charge is 2.22. The molecule has 77 heavy (non-hydrogen) atoms. The van der Waals surface area contributed by atoms with Crippen molar-refractivity contribution < 1.29 is 42.9 Å². The molecular formula is C68H121NO8. The smallest absolute Gasteiger partial charge is 0.306 e. The first kappa shape index (κ1) is 73.7. The van der Waals surface area contributed by atoms with Crippen molar-refractivity contribution in [2.75, 3.05) is 47.5 Å². The summed E-state index contributed by atoms with van der Waals surface area (Å²) in [6, 6.07) is 0. The number of quaternary nitrogens is 1. The fourth-order valence-electron chi connectivity index (χ4n) is 9.07. The van der Waals surface area contributed by atoms with Gasteiger partial charge in [-0.25, -0.2) is 0 Å². The molecule has 0 aromatic rings. The SMILES string of the molecule is CC/C=C\C/C=C\C/C=C\C/C=C\C/C=C\C/C=C\CCCCCCCCCCCCCCCCCCCCCCC(=O)OC(COC(=O)CCCCCCCCCCCCCCC)COC(OCC[N+](C)(C)C)C(=O)[O-]. The van der Waals surface area contributed by atoms with Crippen LogP contribution in [0, 0.1) is 0 Å². The van der Waals surface area contributed by atoms with E-state index < -0.39 is 24.3 Å². The van der Waals surface area contributed by atoms with E-state index in [9.17, 15) is 19.5 Å². The molecule has 2 atom stereocenters. The van der Waals surface area contributed by atoms with Gasteiger partial charge in [-0.05, 0) is 64.2 Å². The highest BCUT2D eigenvalue weighted by Crippen LogP contribution is 2.17. The van der Waals surface area contributed by atoms with Crippen molar-refractivity contribution in [3.63, 3.8) is 0 Å². The van der Waals surface area contributed by atoms with Gasteiger partial charge >= 0.3 is 11.9 Å². The van der Waals surface area contributed by atoms with E-state index in [1.54, 1.807) is 0 Å². The van der Waals surface area contributed by atoms with Crippen LogP contribution in [0.1, 0.15) is 284 Å². The molecule has 0 saturated carbocycles. The van der Waals surface area contributed by atoms with E-state index in [0.29, 0.717) is 23.9 Å². The minimum absolute atomic E-state index is 0.149. The summed E-state index contributed by atoms with van der Waals surface area (Å²) < 4.78 is 22.7. The Balaban J connectivity index is 3.98. The standard InChI is InChI=1S/C68H121NO8/c1-6-8-10-12-14-16-18-20-21-22-23-24-25-26-27-28-29-30-31-32-33-34-35-36-37-38-39-40-41-42-43-44-45-47-49-51-53-55-57-59-66(71)77-64(63-76-68(67(72)73)74-61-60-69(3,4)5)62-75-65(70)58-56-54-52-50-48-46-19-17-15-13-11-9-7-2/h8,10,14,16,20-21,23-24,26-27,29-30,64,68H,6-7,9,11-13,15,17-19,22,25,28,31-63H2,1-5H3/b10-8-,16-14-,21-20-,24-23-,27-26-,30-29-. The van der Waals surface area contributed by atoms with Gasteiger partial charge < -0.3 is 33.3 Å². The number of esters is 2. The zero-order valence-electron chi connectivity index (χ0n) is 50.8. The molecule has 0 saturated heterocycles. The van der Waals surface area contributed by atoms with Crippen LogP contribution in [0.5, 0.6) is 0 Å². The molecule has 0 aliphatic heterocycles. The van der Waals surface area contributed by atoms with Gasteiger partial charge in [-0.15, -0.1) is 0 Å². The van der Waals surface area contributed by atoms with Crippen molar-refractivity contribution in [1.29, 1.82) is 0 Å². The molecule has 9 heteroatoms. The van der Waals surface area contributed by atoms with Crippen molar-refractivity contribution in [3.8, 4) is 0 Å². The molecule has 0 rings (SSSR count). The van der Waals surface area contributed by atoms with Crippen LogP contribution >= 0.6 is 0 Å². The first-order valence-electron chi connectivity index (χ1n) is 32.1. The number of carbonyl (C=O) groups excluding carboxylic acids is 3. The summed E-state index contributed by atoms with van der Waals surface area (Å²) >= 11 is 0. The Bertz CT molecular complexity index is 1490. The third-order valence-corrected chi connectivity index (χ3v) is 14.0. The van der Waals surface area contributed by atoms with E-state index >= 15 is 0 Å². The van der Waals surface area contributed by atoms with Crippen LogP contribution in [0.4, 0.5) is 0 Å². The number of rotatable bonds is 59. The predicted octanol–water partition coefficient (Wildman–Crippen LogP) is 18.0. The topological polar surface area (TPSA) is 111 Å². The second kappa shape index (κ2) is 58.9. The van der Waals surface area contributed by atoms with Crippen LogP contribution in [0.2, 0.25) is 0 Å². The molecular weight excluding hydrogens is 959 g/mol. The first-order chi connectivity index (χ1) is 37.6. The number of hydrogen-bond donors (Lipinski definition) is 0. The molecule has 0 aliphatic rings.